The molecule has 4 rings (SSSR count). The molecule has 0 unspecified atom stereocenters. The molecule has 0 amide bonds. The first-order chi connectivity index (χ1) is 9.81. The molecule has 1 saturated carbocycles. The Hall–Kier alpha value is -2.07. The number of fused-ring (bicyclic) bond motifs is 1. The second-order valence-electron chi connectivity index (χ2n) is 5.56. The lowest BCUT2D eigenvalue weighted by molar-refractivity contribution is 0.663. The van der Waals surface area contributed by atoms with Gasteiger partial charge >= 0.3 is 0 Å². The Balaban J connectivity index is 1.70. The van der Waals surface area contributed by atoms with Gasteiger partial charge in [-0.3, -0.25) is 0 Å². The number of nitrogens with zero attached hydrogens (tertiary/aromatic N) is 1. The van der Waals surface area contributed by atoms with E-state index < -0.39 is 0 Å². The number of H-pyrrole nitrogens is 2. The molecule has 0 atom stereocenters. The molecular formula is C16H18N4. The average molecular weight is 266 g/mol. The Morgan fingerprint density at radius 3 is 3.00 bits per heavy atom. The summed E-state index contributed by atoms with van der Waals surface area (Å²) in [6.07, 6.45) is 4.65. The fraction of sp³-hybridized carbons (Fsp3) is 0.312. The van der Waals surface area contributed by atoms with Gasteiger partial charge in [-0.1, -0.05) is 18.2 Å². The van der Waals surface area contributed by atoms with Crippen molar-refractivity contribution in [2.75, 3.05) is 0 Å². The summed E-state index contributed by atoms with van der Waals surface area (Å²) < 4.78 is 0. The van der Waals surface area contributed by atoms with Crippen LogP contribution in [0.2, 0.25) is 0 Å². The monoisotopic (exact) mass is 266 g/mol. The van der Waals surface area contributed by atoms with Crippen LogP contribution in [-0.2, 0) is 6.54 Å². The lowest BCUT2D eigenvalue weighted by Gasteiger charge is -1.97. The summed E-state index contributed by atoms with van der Waals surface area (Å²) in [5.41, 5.74) is 4.51. The molecule has 20 heavy (non-hydrogen) atoms. The van der Waals surface area contributed by atoms with E-state index in [0.29, 0.717) is 6.04 Å². The van der Waals surface area contributed by atoms with Crippen LogP contribution in [0.1, 0.15) is 24.4 Å². The number of benzene rings is 1. The molecule has 3 N–H and O–H groups in total. The number of nitrogens with one attached hydrogen (secondary N) is 3. The average Bonchev–Trinajstić information content (AvgIpc) is 3.09. The highest BCUT2D eigenvalue weighted by Crippen LogP contribution is 2.29. The number of hydrogen-bond donors (Lipinski definition) is 3. The molecule has 0 spiro atoms. The van der Waals surface area contributed by atoms with E-state index in [-0.39, 0.29) is 0 Å². The first kappa shape index (κ1) is 11.7. The number of hydrogen-bond acceptors (Lipinski definition) is 2. The zero-order chi connectivity index (χ0) is 13.5. The highest BCUT2D eigenvalue weighted by Gasteiger charge is 2.21. The fourth-order valence-corrected chi connectivity index (χ4v) is 2.66. The van der Waals surface area contributed by atoms with E-state index in [2.05, 4.69) is 40.4 Å². The summed E-state index contributed by atoms with van der Waals surface area (Å²) in [7, 11) is 0. The molecule has 3 aromatic rings. The van der Waals surface area contributed by atoms with Crippen LogP contribution < -0.4 is 5.32 Å². The van der Waals surface area contributed by atoms with Crippen LogP contribution in [0.5, 0.6) is 0 Å². The van der Waals surface area contributed by atoms with Crippen molar-refractivity contribution in [1.29, 1.82) is 0 Å². The molecular weight excluding hydrogens is 248 g/mol. The molecule has 0 saturated heterocycles. The molecule has 1 aliphatic rings. The van der Waals surface area contributed by atoms with Gasteiger partial charge in [-0.25, -0.2) is 4.98 Å². The van der Waals surface area contributed by atoms with Crippen molar-refractivity contribution in [3.05, 3.63) is 42.0 Å². The van der Waals surface area contributed by atoms with Crippen LogP contribution in [0.25, 0.3) is 22.2 Å². The molecule has 0 bridgehead atoms. The molecule has 1 fully saturated rings. The van der Waals surface area contributed by atoms with Crippen LogP contribution in [0.3, 0.4) is 0 Å². The van der Waals surface area contributed by atoms with Crippen molar-refractivity contribution in [2.45, 2.75) is 32.4 Å². The first-order valence-corrected chi connectivity index (χ1v) is 7.16. The maximum atomic E-state index is 4.76. The third-order valence-corrected chi connectivity index (χ3v) is 3.91. The van der Waals surface area contributed by atoms with E-state index >= 15 is 0 Å². The van der Waals surface area contributed by atoms with Gasteiger partial charge in [-0.05, 0) is 25.8 Å². The molecule has 4 heteroatoms. The SMILES string of the molecule is Cc1[nH]c(CNC2CC2)nc1-c1c[nH]c2ccccc12. The van der Waals surface area contributed by atoms with Crippen LogP contribution in [0, 0.1) is 6.92 Å². The molecule has 0 aliphatic heterocycles. The molecule has 1 aromatic carbocycles. The number of aryl methyl sites for hydroxylation is 1. The highest BCUT2D eigenvalue weighted by atomic mass is 15.0. The molecule has 4 nitrogen and oxygen atoms in total. The van der Waals surface area contributed by atoms with Gasteiger partial charge in [-0.15, -0.1) is 0 Å². The van der Waals surface area contributed by atoms with Crippen molar-refractivity contribution in [3.63, 3.8) is 0 Å². The minimum atomic E-state index is 0.706. The van der Waals surface area contributed by atoms with E-state index in [9.17, 15) is 0 Å². The lowest BCUT2D eigenvalue weighted by atomic mass is 10.1. The first-order valence-electron chi connectivity index (χ1n) is 7.16. The van der Waals surface area contributed by atoms with Crippen molar-refractivity contribution in [2.24, 2.45) is 0 Å². The summed E-state index contributed by atoms with van der Waals surface area (Å²) in [5.74, 6) is 1.02. The zero-order valence-corrected chi connectivity index (χ0v) is 11.5. The van der Waals surface area contributed by atoms with Gasteiger partial charge in [0.15, 0.2) is 0 Å². The maximum Gasteiger partial charge on any atom is 0.121 e. The Morgan fingerprint density at radius 2 is 2.15 bits per heavy atom. The Morgan fingerprint density at radius 1 is 1.30 bits per heavy atom. The lowest BCUT2D eigenvalue weighted by Crippen LogP contribution is -2.16. The maximum absolute atomic E-state index is 4.76. The number of aromatic nitrogens is 3. The molecule has 2 heterocycles. The van der Waals surface area contributed by atoms with Crippen LogP contribution >= 0.6 is 0 Å². The second-order valence-corrected chi connectivity index (χ2v) is 5.56. The molecule has 2 aromatic heterocycles. The summed E-state index contributed by atoms with van der Waals surface area (Å²) in [4.78, 5) is 11.5. The van der Waals surface area contributed by atoms with E-state index in [1.54, 1.807) is 0 Å². The van der Waals surface area contributed by atoms with E-state index in [4.69, 9.17) is 4.98 Å². The Labute approximate surface area is 117 Å². The third-order valence-electron chi connectivity index (χ3n) is 3.91. The van der Waals surface area contributed by atoms with Crippen molar-refractivity contribution >= 4 is 10.9 Å². The van der Waals surface area contributed by atoms with Crippen LogP contribution in [0.15, 0.2) is 30.5 Å². The normalized spacial score (nSPS) is 15.1. The third kappa shape index (κ3) is 2.02. The Kier molecular flexibility index (Phi) is 2.63. The number of rotatable bonds is 4. The minimum absolute atomic E-state index is 0.706. The smallest absolute Gasteiger partial charge is 0.121 e. The number of aromatic amines is 2. The van der Waals surface area contributed by atoms with E-state index in [0.717, 1.165) is 29.3 Å². The van der Waals surface area contributed by atoms with Gasteiger partial charge < -0.3 is 15.3 Å². The summed E-state index contributed by atoms with van der Waals surface area (Å²) in [5, 5.41) is 4.72. The van der Waals surface area contributed by atoms with Crippen LogP contribution in [-0.4, -0.2) is 21.0 Å². The summed E-state index contributed by atoms with van der Waals surface area (Å²) in [6, 6.07) is 9.05. The van der Waals surface area contributed by atoms with Gasteiger partial charge in [-0.2, -0.15) is 0 Å². The van der Waals surface area contributed by atoms with E-state index in [1.165, 1.54) is 23.8 Å². The van der Waals surface area contributed by atoms with Crippen molar-refractivity contribution in [3.8, 4) is 11.3 Å². The molecule has 1 aliphatic carbocycles. The summed E-state index contributed by atoms with van der Waals surface area (Å²) >= 11 is 0. The number of para-hydroxylation sites is 1. The van der Waals surface area contributed by atoms with Crippen LogP contribution in [0.4, 0.5) is 0 Å². The standard InChI is InChI=1S/C16H18N4/c1-10-16(20-15(19-10)9-17-11-6-7-11)13-8-18-14-5-3-2-4-12(13)14/h2-5,8,11,17-18H,6-7,9H2,1H3,(H,19,20). The van der Waals surface area contributed by atoms with E-state index in [1.807, 2.05) is 12.3 Å². The zero-order valence-electron chi connectivity index (χ0n) is 11.5. The minimum Gasteiger partial charge on any atom is -0.360 e. The van der Waals surface area contributed by atoms with Gasteiger partial charge in [0.1, 0.15) is 5.82 Å². The van der Waals surface area contributed by atoms with Crippen molar-refractivity contribution in [1.82, 2.24) is 20.3 Å². The molecule has 0 radical (unpaired) electrons. The van der Waals surface area contributed by atoms with Gasteiger partial charge in [0, 0.05) is 34.4 Å². The molecule has 102 valence electrons. The predicted molar refractivity (Wildman–Crippen MR) is 80.5 cm³/mol. The summed E-state index contributed by atoms with van der Waals surface area (Å²) in [6.45, 7) is 2.92. The number of imidazole rings is 1. The Bertz CT molecular complexity index is 749. The quantitative estimate of drug-likeness (QED) is 0.679. The topological polar surface area (TPSA) is 56.5 Å². The van der Waals surface area contributed by atoms with Crippen molar-refractivity contribution < 1.29 is 0 Å². The largest absolute Gasteiger partial charge is 0.360 e. The second kappa shape index (κ2) is 4.49. The highest BCUT2D eigenvalue weighted by molar-refractivity contribution is 5.95. The van der Waals surface area contributed by atoms with Gasteiger partial charge in [0.25, 0.3) is 0 Å². The van der Waals surface area contributed by atoms with Gasteiger partial charge in [0.05, 0.1) is 12.2 Å². The predicted octanol–water partition coefficient (Wildman–Crippen LogP) is 3.12. The fourth-order valence-electron chi connectivity index (χ4n) is 2.66. The van der Waals surface area contributed by atoms with Gasteiger partial charge in [0.2, 0.25) is 0 Å².